The standard InChI is InChI=1S/C13H19N3O3/c1-8(2)16-11(17)7-15-13(18)12-9(14)5-4-6-10(12)19-3/h4-6,8H,7,14H2,1-3H3,(H,15,18)(H,16,17). The number of nitrogens with two attached hydrogens (primary N) is 1. The van der Waals surface area contributed by atoms with Crippen molar-refractivity contribution < 1.29 is 14.3 Å². The van der Waals surface area contributed by atoms with Crippen LogP contribution in [0.2, 0.25) is 0 Å². The van der Waals surface area contributed by atoms with Crippen molar-refractivity contribution in [3.63, 3.8) is 0 Å². The Balaban J connectivity index is 2.71. The molecule has 4 N–H and O–H groups in total. The number of ether oxygens (including phenoxy) is 1. The zero-order valence-corrected chi connectivity index (χ0v) is 11.3. The van der Waals surface area contributed by atoms with Gasteiger partial charge in [0.15, 0.2) is 0 Å². The first-order valence-electron chi connectivity index (χ1n) is 5.95. The van der Waals surface area contributed by atoms with Gasteiger partial charge in [0.25, 0.3) is 5.91 Å². The lowest BCUT2D eigenvalue weighted by atomic mass is 10.1. The molecule has 6 heteroatoms. The molecule has 0 aromatic heterocycles. The molecule has 0 spiro atoms. The van der Waals surface area contributed by atoms with E-state index in [1.807, 2.05) is 13.8 Å². The highest BCUT2D eigenvalue weighted by molar-refractivity contribution is 6.03. The van der Waals surface area contributed by atoms with E-state index < -0.39 is 5.91 Å². The van der Waals surface area contributed by atoms with Crippen molar-refractivity contribution in [3.8, 4) is 5.75 Å². The maximum Gasteiger partial charge on any atom is 0.257 e. The molecule has 0 saturated heterocycles. The molecule has 1 aromatic carbocycles. The van der Waals surface area contributed by atoms with Gasteiger partial charge in [-0.3, -0.25) is 9.59 Å². The minimum atomic E-state index is -0.436. The van der Waals surface area contributed by atoms with Crippen molar-refractivity contribution in [3.05, 3.63) is 23.8 Å². The Labute approximate surface area is 112 Å². The second-order valence-electron chi connectivity index (χ2n) is 4.33. The van der Waals surface area contributed by atoms with Crippen LogP contribution in [0.3, 0.4) is 0 Å². The molecule has 6 nitrogen and oxygen atoms in total. The molecule has 0 aliphatic carbocycles. The number of methoxy groups -OCH3 is 1. The van der Waals surface area contributed by atoms with Crippen LogP contribution >= 0.6 is 0 Å². The van der Waals surface area contributed by atoms with E-state index in [0.717, 1.165) is 0 Å². The van der Waals surface area contributed by atoms with Crippen molar-refractivity contribution in [1.82, 2.24) is 10.6 Å². The van der Waals surface area contributed by atoms with Crippen LogP contribution in [0, 0.1) is 0 Å². The second kappa shape index (κ2) is 6.63. The van der Waals surface area contributed by atoms with Gasteiger partial charge in [-0.2, -0.15) is 0 Å². The van der Waals surface area contributed by atoms with Crippen LogP contribution in [-0.4, -0.2) is 31.5 Å². The first-order chi connectivity index (χ1) is 8.95. The Bertz CT molecular complexity index is 472. The third kappa shape index (κ3) is 4.17. The van der Waals surface area contributed by atoms with E-state index in [0.29, 0.717) is 11.4 Å². The van der Waals surface area contributed by atoms with E-state index >= 15 is 0 Å². The van der Waals surface area contributed by atoms with Crippen molar-refractivity contribution in [1.29, 1.82) is 0 Å². The normalized spacial score (nSPS) is 10.1. The van der Waals surface area contributed by atoms with Gasteiger partial charge in [-0.25, -0.2) is 0 Å². The summed E-state index contributed by atoms with van der Waals surface area (Å²) in [6.07, 6.45) is 0. The third-order valence-corrected chi connectivity index (χ3v) is 2.36. The van der Waals surface area contributed by atoms with Crippen LogP contribution in [0.1, 0.15) is 24.2 Å². The summed E-state index contributed by atoms with van der Waals surface area (Å²) in [5, 5.41) is 5.19. The van der Waals surface area contributed by atoms with E-state index in [9.17, 15) is 9.59 Å². The Kier molecular flexibility index (Phi) is 5.17. The zero-order chi connectivity index (χ0) is 14.4. The largest absolute Gasteiger partial charge is 0.496 e. The quantitative estimate of drug-likeness (QED) is 0.677. The first-order valence-corrected chi connectivity index (χ1v) is 5.95. The molecule has 19 heavy (non-hydrogen) atoms. The van der Waals surface area contributed by atoms with Gasteiger partial charge in [0.05, 0.1) is 13.7 Å². The fourth-order valence-electron chi connectivity index (χ4n) is 1.58. The van der Waals surface area contributed by atoms with Gasteiger partial charge < -0.3 is 21.1 Å². The van der Waals surface area contributed by atoms with Crippen LogP contribution in [0.25, 0.3) is 0 Å². The van der Waals surface area contributed by atoms with Crippen LogP contribution in [0.5, 0.6) is 5.75 Å². The Morgan fingerprint density at radius 1 is 1.37 bits per heavy atom. The van der Waals surface area contributed by atoms with Crippen molar-refractivity contribution in [2.24, 2.45) is 0 Å². The molecule has 0 atom stereocenters. The summed E-state index contributed by atoms with van der Waals surface area (Å²) in [7, 11) is 1.46. The fourth-order valence-corrected chi connectivity index (χ4v) is 1.58. The monoisotopic (exact) mass is 265 g/mol. The number of hydrogen-bond acceptors (Lipinski definition) is 4. The molecule has 1 aromatic rings. The molecule has 2 amide bonds. The predicted molar refractivity (Wildman–Crippen MR) is 73.0 cm³/mol. The van der Waals surface area contributed by atoms with E-state index in [2.05, 4.69) is 10.6 Å². The molecule has 0 bridgehead atoms. The number of benzene rings is 1. The number of carbonyl (C=O) groups is 2. The lowest BCUT2D eigenvalue weighted by molar-refractivity contribution is -0.120. The van der Waals surface area contributed by atoms with Gasteiger partial charge in [0.1, 0.15) is 11.3 Å². The molecule has 0 saturated carbocycles. The smallest absolute Gasteiger partial charge is 0.257 e. The SMILES string of the molecule is COc1cccc(N)c1C(=O)NCC(=O)NC(C)C. The van der Waals surface area contributed by atoms with Crippen LogP contribution in [0.4, 0.5) is 5.69 Å². The van der Waals surface area contributed by atoms with Crippen LogP contribution in [0.15, 0.2) is 18.2 Å². The average Bonchev–Trinajstić information content (AvgIpc) is 2.34. The van der Waals surface area contributed by atoms with Gasteiger partial charge in [-0.1, -0.05) is 6.07 Å². The fraction of sp³-hybridized carbons (Fsp3) is 0.385. The molecule has 1 rings (SSSR count). The molecule has 0 radical (unpaired) electrons. The Morgan fingerprint density at radius 2 is 2.05 bits per heavy atom. The molecular formula is C13H19N3O3. The summed E-state index contributed by atoms with van der Waals surface area (Å²) in [5.74, 6) is -0.313. The highest BCUT2D eigenvalue weighted by atomic mass is 16.5. The number of hydrogen-bond donors (Lipinski definition) is 3. The molecular weight excluding hydrogens is 246 g/mol. The number of amides is 2. The summed E-state index contributed by atoms with van der Waals surface area (Å²) in [6.45, 7) is 3.59. The van der Waals surface area contributed by atoms with E-state index in [-0.39, 0.29) is 24.1 Å². The number of nitrogens with one attached hydrogen (secondary N) is 2. The molecule has 0 fully saturated rings. The third-order valence-electron chi connectivity index (χ3n) is 2.36. The summed E-state index contributed by atoms with van der Waals surface area (Å²) in [6, 6.07) is 4.96. The van der Waals surface area contributed by atoms with Gasteiger partial charge in [0, 0.05) is 11.7 Å². The summed E-state index contributed by atoms with van der Waals surface area (Å²) < 4.78 is 5.08. The maximum atomic E-state index is 12.0. The Morgan fingerprint density at radius 3 is 2.63 bits per heavy atom. The number of carbonyl (C=O) groups excluding carboxylic acids is 2. The molecule has 0 aliphatic rings. The van der Waals surface area contributed by atoms with Gasteiger partial charge in [-0.15, -0.1) is 0 Å². The molecule has 104 valence electrons. The number of anilines is 1. The Hall–Kier alpha value is -2.24. The van der Waals surface area contributed by atoms with Gasteiger partial charge in [0.2, 0.25) is 5.91 Å². The average molecular weight is 265 g/mol. The molecule has 0 aliphatic heterocycles. The van der Waals surface area contributed by atoms with Crippen molar-refractivity contribution in [2.45, 2.75) is 19.9 Å². The number of nitrogen functional groups attached to an aromatic ring is 1. The summed E-state index contributed by atoms with van der Waals surface area (Å²) in [4.78, 5) is 23.4. The van der Waals surface area contributed by atoms with E-state index in [1.54, 1.807) is 18.2 Å². The lowest BCUT2D eigenvalue weighted by Gasteiger charge is -2.12. The van der Waals surface area contributed by atoms with Gasteiger partial charge >= 0.3 is 0 Å². The molecule has 0 unspecified atom stereocenters. The lowest BCUT2D eigenvalue weighted by Crippen LogP contribution is -2.40. The van der Waals surface area contributed by atoms with E-state index in [1.165, 1.54) is 7.11 Å². The number of rotatable bonds is 5. The predicted octanol–water partition coefficient (Wildman–Crippen LogP) is 0.532. The highest BCUT2D eigenvalue weighted by Crippen LogP contribution is 2.23. The minimum absolute atomic E-state index is 0.0285. The van der Waals surface area contributed by atoms with Gasteiger partial charge in [-0.05, 0) is 26.0 Å². The van der Waals surface area contributed by atoms with Crippen molar-refractivity contribution in [2.75, 3.05) is 19.4 Å². The minimum Gasteiger partial charge on any atom is -0.496 e. The highest BCUT2D eigenvalue weighted by Gasteiger charge is 2.16. The van der Waals surface area contributed by atoms with Crippen LogP contribution in [-0.2, 0) is 4.79 Å². The summed E-state index contributed by atoms with van der Waals surface area (Å²) in [5.41, 5.74) is 6.29. The summed E-state index contributed by atoms with van der Waals surface area (Å²) >= 11 is 0. The van der Waals surface area contributed by atoms with E-state index in [4.69, 9.17) is 10.5 Å². The maximum absolute atomic E-state index is 12.0. The van der Waals surface area contributed by atoms with Crippen molar-refractivity contribution >= 4 is 17.5 Å². The van der Waals surface area contributed by atoms with Crippen LogP contribution < -0.4 is 21.1 Å². The first kappa shape index (κ1) is 14.8. The zero-order valence-electron chi connectivity index (χ0n) is 11.3. The second-order valence-corrected chi connectivity index (χ2v) is 4.33. The topological polar surface area (TPSA) is 93.4 Å². The molecule has 0 heterocycles.